The highest BCUT2D eigenvalue weighted by Gasteiger charge is 2.53. The lowest BCUT2D eigenvalue weighted by atomic mass is 9.20. The predicted molar refractivity (Wildman–Crippen MR) is 123 cm³/mol. The minimum atomic E-state index is 0.230. The van der Waals surface area contributed by atoms with Crippen molar-refractivity contribution in [3.8, 4) is 23.0 Å². The van der Waals surface area contributed by atoms with Gasteiger partial charge in [-0.1, -0.05) is 46.6 Å². The van der Waals surface area contributed by atoms with Crippen molar-refractivity contribution in [1.82, 2.24) is 0 Å². The quantitative estimate of drug-likeness (QED) is 0.353. The van der Waals surface area contributed by atoms with Crippen molar-refractivity contribution in [3.63, 3.8) is 0 Å². The molecule has 2 nitrogen and oxygen atoms in total. The Kier molecular flexibility index (Phi) is 2.42. The minimum absolute atomic E-state index is 0.230. The molecule has 0 bridgehead atoms. The second-order valence-corrected chi connectivity index (χ2v) is 10.6. The van der Waals surface area contributed by atoms with Crippen molar-refractivity contribution in [2.45, 2.75) is 19.6 Å². The van der Waals surface area contributed by atoms with Crippen LogP contribution in [0, 0.1) is 0 Å². The maximum atomic E-state index is 6.50. The van der Waals surface area contributed by atoms with Crippen LogP contribution in [0.2, 0.25) is 0 Å². The molecule has 0 amide bonds. The molecule has 0 radical (unpaired) electrons. The Labute approximate surface area is 182 Å². The Morgan fingerprint density at radius 2 is 0.867 bits per heavy atom. The highest BCUT2D eigenvalue weighted by Crippen LogP contribution is 2.43. The van der Waals surface area contributed by atoms with E-state index in [-0.39, 0.29) is 13.4 Å². The van der Waals surface area contributed by atoms with E-state index in [0.717, 1.165) is 23.0 Å². The van der Waals surface area contributed by atoms with Crippen LogP contribution in [-0.4, -0.2) is 13.4 Å². The summed E-state index contributed by atoms with van der Waals surface area (Å²) in [6.07, 6.45) is 0. The zero-order valence-corrected chi connectivity index (χ0v) is 17.2. The number of ether oxygens (including phenoxy) is 2. The molecule has 0 N–H and O–H groups in total. The number of hydrogen-bond acceptors (Lipinski definition) is 4. The van der Waals surface area contributed by atoms with E-state index >= 15 is 0 Å². The van der Waals surface area contributed by atoms with Gasteiger partial charge in [0.15, 0.2) is 0 Å². The molecular formula is C24H10B2O2S2. The Bertz CT molecular complexity index is 1310. The molecule has 5 aliphatic heterocycles. The van der Waals surface area contributed by atoms with Gasteiger partial charge in [-0.15, -0.1) is 0 Å². The van der Waals surface area contributed by atoms with E-state index in [1.807, 2.05) is 23.5 Å². The molecule has 9 rings (SSSR count). The molecule has 0 unspecified atom stereocenters. The molecule has 0 saturated carbocycles. The maximum Gasteiger partial charge on any atom is 0.252 e. The molecule has 30 heavy (non-hydrogen) atoms. The van der Waals surface area contributed by atoms with Crippen LogP contribution >= 0.6 is 23.5 Å². The largest absolute Gasteiger partial charge is 0.458 e. The monoisotopic (exact) mass is 416 g/mol. The van der Waals surface area contributed by atoms with E-state index in [9.17, 15) is 0 Å². The molecule has 0 fully saturated rings. The topological polar surface area (TPSA) is 18.5 Å². The van der Waals surface area contributed by atoms with Crippen LogP contribution in [0.15, 0.2) is 80.2 Å². The third kappa shape index (κ3) is 1.52. The van der Waals surface area contributed by atoms with Crippen molar-refractivity contribution < 1.29 is 9.47 Å². The first-order valence-electron chi connectivity index (χ1n) is 10.2. The van der Waals surface area contributed by atoms with Gasteiger partial charge in [0.05, 0.1) is 0 Å². The van der Waals surface area contributed by atoms with Crippen LogP contribution in [0.4, 0.5) is 0 Å². The van der Waals surface area contributed by atoms with Crippen molar-refractivity contribution in [1.29, 1.82) is 0 Å². The van der Waals surface area contributed by atoms with Gasteiger partial charge in [0.1, 0.15) is 23.0 Å². The van der Waals surface area contributed by atoms with Gasteiger partial charge < -0.3 is 9.47 Å². The molecule has 5 aliphatic rings. The average molecular weight is 416 g/mol. The zero-order chi connectivity index (χ0) is 19.1. The van der Waals surface area contributed by atoms with Crippen molar-refractivity contribution >= 4 is 69.7 Å². The first-order valence-corrected chi connectivity index (χ1v) is 11.8. The van der Waals surface area contributed by atoms with E-state index in [4.69, 9.17) is 9.47 Å². The lowest BCUT2D eigenvalue weighted by Crippen LogP contribution is -2.79. The van der Waals surface area contributed by atoms with Gasteiger partial charge in [0.25, 0.3) is 13.4 Å². The van der Waals surface area contributed by atoms with Crippen LogP contribution in [-0.2, 0) is 0 Å². The van der Waals surface area contributed by atoms with Crippen molar-refractivity contribution in [3.05, 3.63) is 60.7 Å². The smallest absolute Gasteiger partial charge is 0.252 e. The van der Waals surface area contributed by atoms with Gasteiger partial charge in [0, 0.05) is 19.6 Å². The summed E-state index contributed by atoms with van der Waals surface area (Å²) in [7, 11) is 0. The van der Waals surface area contributed by atoms with E-state index in [0.29, 0.717) is 0 Å². The number of hydrogen-bond donors (Lipinski definition) is 0. The molecule has 136 valence electrons. The summed E-state index contributed by atoms with van der Waals surface area (Å²) >= 11 is 3.74. The van der Waals surface area contributed by atoms with Crippen LogP contribution in [0.25, 0.3) is 0 Å². The van der Waals surface area contributed by atoms with E-state index in [1.54, 1.807) is 0 Å². The van der Waals surface area contributed by atoms with Crippen LogP contribution < -0.4 is 42.3 Å². The normalized spacial score (nSPS) is 16.1. The highest BCUT2D eigenvalue weighted by atomic mass is 32.2. The number of benzene rings is 4. The molecule has 0 saturated heterocycles. The maximum absolute atomic E-state index is 6.50. The Morgan fingerprint density at radius 3 is 1.37 bits per heavy atom. The first kappa shape index (κ1) is 15.2. The van der Waals surface area contributed by atoms with Crippen LogP contribution in [0.1, 0.15) is 0 Å². The molecule has 0 spiro atoms. The summed E-state index contributed by atoms with van der Waals surface area (Å²) in [5, 5.41) is 0. The standard InChI is InChI=1S/C24H10B2O2S2/c1-3-11-19-15(5-1)29-17-9-8-14-22-23(17)25(19)21-13(27-11)7-10-18-24(21)26(22)20-12(28-14)4-2-6-16(20)30-18/h1-10H. The Hall–Kier alpha value is -2.69. The molecular weight excluding hydrogens is 406 g/mol. The fourth-order valence-electron chi connectivity index (χ4n) is 6.05. The second kappa shape index (κ2) is 4.79. The van der Waals surface area contributed by atoms with E-state index in [1.165, 1.54) is 52.4 Å². The molecule has 0 aliphatic carbocycles. The lowest BCUT2D eigenvalue weighted by molar-refractivity contribution is 0.484. The highest BCUT2D eigenvalue weighted by molar-refractivity contribution is 8.00. The predicted octanol–water partition coefficient (Wildman–Crippen LogP) is 2.17. The van der Waals surface area contributed by atoms with Gasteiger partial charge in [0.2, 0.25) is 0 Å². The fraction of sp³-hybridized carbons (Fsp3) is 0. The molecule has 4 aromatic carbocycles. The SMILES string of the molecule is c1cc2c3c(c1)Sc1ccc4c5c1B3c1c(ccc3c1B5c1c(cccc1S3)O4)O2. The van der Waals surface area contributed by atoms with E-state index < -0.39 is 0 Å². The molecule has 0 atom stereocenters. The summed E-state index contributed by atoms with van der Waals surface area (Å²) in [4.78, 5) is 5.34. The molecule has 0 aromatic heterocycles. The third-order valence-corrected chi connectivity index (χ3v) is 9.38. The molecule has 6 heteroatoms. The van der Waals surface area contributed by atoms with E-state index in [2.05, 4.69) is 60.7 Å². The summed E-state index contributed by atoms with van der Waals surface area (Å²) in [5.74, 6) is 4.04. The first-order chi connectivity index (χ1) is 14.9. The summed E-state index contributed by atoms with van der Waals surface area (Å²) < 4.78 is 13.0. The summed E-state index contributed by atoms with van der Waals surface area (Å²) in [5.41, 5.74) is 8.28. The van der Waals surface area contributed by atoms with Gasteiger partial charge in [-0.05, 0) is 70.4 Å². The average Bonchev–Trinajstić information content (AvgIpc) is 2.78. The Balaban J connectivity index is 1.52. The third-order valence-electron chi connectivity index (χ3n) is 7.08. The van der Waals surface area contributed by atoms with Gasteiger partial charge >= 0.3 is 0 Å². The van der Waals surface area contributed by atoms with Crippen LogP contribution in [0.3, 0.4) is 0 Å². The minimum Gasteiger partial charge on any atom is -0.458 e. The summed E-state index contributed by atoms with van der Waals surface area (Å²) in [6, 6.07) is 21.8. The fourth-order valence-corrected chi connectivity index (χ4v) is 8.42. The van der Waals surface area contributed by atoms with Crippen molar-refractivity contribution in [2.75, 3.05) is 0 Å². The number of rotatable bonds is 0. The van der Waals surface area contributed by atoms with Crippen molar-refractivity contribution in [2.24, 2.45) is 0 Å². The van der Waals surface area contributed by atoms with Gasteiger partial charge in [-0.3, -0.25) is 0 Å². The molecule has 5 heterocycles. The second-order valence-electron chi connectivity index (χ2n) is 8.39. The van der Waals surface area contributed by atoms with Gasteiger partial charge in [-0.2, -0.15) is 0 Å². The van der Waals surface area contributed by atoms with Crippen LogP contribution in [0.5, 0.6) is 23.0 Å². The Morgan fingerprint density at radius 1 is 0.433 bits per heavy atom. The summed E-state index contributed by atoms with van der Waals surface area (Å²) in [6.45, 7) is 0.460. The zero-order valence-electron chi connectivity index (χ0n) is 15.6. The lowest BCUT2D eigenvalue weighted by Gasteiger charge is -2.44. The molecule has 4 aromatic rings. The van der Waals surface area contributed by atoms with Gasteiger partial charge in [-0.25, -0.2) is 0 Å².